The third-order valence-electron chi connectivity index (χ3n) is 6.35. The third-order valence-corrected chi connectivity index (χ3v) is 7.75. The minimum Gasteiger partial charge on any atom is -0.465 e. The number of fused-ring (bicyclic) bond motifs is 1. The van der Waals surface area contributed by atoms with E-state index in [1.54, 1.807) is 54.6 Å². The van der Waals surface area contributed by atoms with Gasteiger partial charge in [-0.15, -0.1) is 0 Å². The van der Waals surface area contributed by atoms with Crippen LogP contribution in [0.1, 0.15) is 31.9 Å². The lowest BCUT2D eigenvalue weighted by molar-refractivity contribution is 0.158. The molecule has 1 heterocycles. The van der Waals surface area contributed by atoms with E-state index < -0.39 is 22.2 Å². The van der Waals surface area contributed by atoms with Gasteiger partial charge in [-0.1, -0.05) is 30.3 Å². The van der Waals surface area contributed by atoms with E-state index in [4.69, 9.17) is 5.11 Å². The summed E-state index contributed by atoms with van der Waals surface area (Å²) >= 11 is 0. The van der Waals surface area contributed by atoms with E-state index in [2.05, 4.69) is 33.8 Å². The van der Waals surface area contributed by atoms with Crippen LogP contribution in [0.3, 0.4) is 0 Å². The lowest BCUT2D eigenvalue weighted by atomic mass is 9.99. The third kappa shape index (κ3) is 6.91. The zero-order valence-corrected chi connectivity index (χ0v) is 22.1. The van der Waals surface area contributed by atoms with Crippen LogP contribution in [-0.4, -0.2) is 41.4 Å². The largest absolute Gasteiger partial charge is 0.465 e. The maximum Gasteiger partial charge on any atom is 0.409 e. The number of β-amino-alcohol motifs (C(OH)–C–C–N with tert-alkyl or cyclic N) is 1. The molecule has 200 valence electrons. The molecule has 0 spiro atoms. The zero-order valence-electron chi connectivity index (χ0n) is 21.3. The number of aliphatic hydroxyl groups excluding tert-OH is 1. The van der Waals surface area contributed by atoms with Crippen molar-refractivity contribution < 1.29 is 23.4 Å². The molecule has 0 aliphatic carbocycles. The van der Waals surface area contributed by atoms with Gasteiger partial charge in [-0.05, 0) is 74.4 Å². The van der Waals surface area contributed by atoms with Gasteiger partial charge in [-0.25, -0.2) is 13.2 Å². The van der Waals surface area contributed by atoms with Gasteiger partial charge in [0.15, 0.2) is 0 Å². The summed E-state index contributed by atoms with van der Waals surface area (Å²) in [5, 5.41) is 26.5. The fourth-order valence-corrected chi connectivity index (χ4v) is 5.27. The Morgan fingerprint density at radius 1 is 0.974 bits per heavy atom. The van der Waals surface area contributed by atoms with Crippen LogP contribution in [0, 0.1) is 0 Å². The fourth-order valence-electron chi connectivity index (χ4n) is 4.20. The predicted octanol–water partition coefficient (Wildman–Crippen LogP) is 5.02. The number of aromatic nitrogens is 1. The number of nitrogens with zero attached hydrogens (tertiary/aromatic N) is 1. The minimum absolute atomic E-state index is 0.169. The van der Waals surface area contributed by atoms with Crippen molar-refractivity contribution in [1.82, 2.24) is 9.88 Å². The van der Waals surface area contributed by atoms with Gasteiger partial charge in [-0.3, -0.25) is 10.0 Å². The van der Waals surface area contributed by atoms with Crippen molar-refractivity contribution in [3.63, 3.8) is 0 Å². The van der Waals surface area contributed by atoms with E-state index in [0.717, 1.165) is 23.9 Å². The van der Waals surface area contributed by atoms with Crippen LogP contribution in [-0.2, 0) is 16.6 Å². The molecule has 1 atom stereocenters. The van der Waals surface area contributed by atoms with Crippen LogP contribution in [0.4, 0.5) is 16.2 Å². The number of rotatable bonds is 11. The van der Waals surface area contributed by atoms with Crippen molar-refractivity contribution in [2.24, 2.45) is 0 Å². The molecule has 1 amide bonds. The molecule has 0 fully saturated rings. The van der Waals surface area contributed by atoms with Crippen LogP contribution in [0.2, 0.25) is 0 Å². The Hall–Kier alpha value is -3.86. The Bertz CT molecular complexity index is 1520. The van der Waals surface area contributed by atoms with Crippen LogP contribution < -0.4 is 15.4 Å². The highest BCUT2D eigenvalue weighted by Crippen LogP contribution is 2.24. The SMILES string of the molecule is CC(C)(CCn1ccc2cc(NC(=O)O)ccc21)NC[C@H](O)c1cccc(NS(=O)(=O)c2ccccc2)c1. The predicted molar refractivity (Wildman–Crippen MR) is 149 cm³/mol. The number of hydrogen-bond acceptors (Lipinski definition) is 5. The van der Waals surface area contributed by atoms with Crippen LogP contribution in [0.5, 0.6) is 0 Å². The lowest BCUT2D eigenvalue weighted by Crippen LogP contribution is -2.42. The molecule has 4 rings (SSSR count). The molecule has 0 unspecified atom stereocenters. The number of anilines is 2. The van der Waals surface area contributed by atoms with E-state index in [1.165, 1.54) is 12.1 Å². The van der Waals surface area contributed by atoms with Gasteiger partial charge in [0.1, 0.15) is 0 Å². The molecule has 10 heteroatoms. The molecule has 4 aromatic rings. The molecule has 1 aromatic heterocycles. The first kappa shape index (κ1) is 27.2. The van der Waals surface area contributed by atoms with Crippen LogP contribution in [0.15, 0.2) is 90.0 Å². The summed E-state index contributed by atoms with van der Waals surface area (Å²) in [5.74, 6) is 0. The summed E-state index contributed by atoms with van der Waals surface area (Å²) in [5.41, 5.74) is 2.21. The summed E-state index contributed by atoms with van der Waals surface area (Å²) in [7, 11) is -3.72. The molecule has 0 aliphatic rings. The molecule has 3 aromatic carbocycles. The molecular weight excluding hydrogens is 504 g/mol. The number of hydrogen-bond donors (Lipinski definition) is 5. The van der Waals surface area contributed by atoms with Crippen molar-refractivity contribution in [3.8, 4) is 0 Å². The fraction of sp³-hybridized carbons (Fsp3) is 0.250. The van der Waals surface area contributed by atoms with Gasteiger partial charge in [0.2, 0.25) is 0 Å². The Kier molecular flexibility index (Phi) is 8.05. The maximum atomic E-state index is 12.6. The van der Waals surface area contributed by atoms with Crippen molar-refractivity contribution in [3.05, 3.63) is 90.6 Å². The number of carboxylic acid groups (broad SMARTS) is 1. The van der Waals surface area contributed by atoms with Gasteiger partial charge >= 0.3 is 6.09 Å². The van der Waals surface area contributed by atoms with Crippen LogP contribution in [0.25, 0.3) is 10.9 Å². The number of aryl methyl sites for hydroxylation is 1. The van der Waals surface area contributed by atoms with Gasteiger partial charge in [0.05, 0.1) is 11.0 Å². The molecule has 0 radical (unpaired) electrons. The van der Waals surface area contributed by atoms with E-state index >= 15 is 0 Å². The van der Waals surface area contributed by atoms with Crippen molar-refractivity contribution in [2.45, 2.75) is 43.4 Å². The normalized spacial score (nSPS) is 12.8. The monoisotopic (exact) mass is 536 g/mol. The van der Waals surface area contributed by atoms with Gasteiger partial charge < -0.3 is 20.1 Å². The first-order valence-corrected chi connectivity index (χ1v) is 13.7. The first-order chi connectivity index (χ1) is 18.0. The van der Waals surface area contributed by atoms with Crippen molar-refractivity contribution in [2.75, 3.05) is 16.6 Å². The first-order valence-electron chi connectivity index (χ1n) is 12.2. The summed E-state index contributed by atoms with van der Waals surface area (Å²) < 4.78 is 30.0. The highest BCUT2D eigenvalue weighted by Gasteiger charge is 2.20. The number of benzene rings is 3. The number of amides is 1. The number of carbonyl (C=O) groups is 1. The molecule has 0 aliphatic heterocycles. The second-order valence-electron chi connectivity index (χ2n) is 9.79. The van der Waals surface area contributed by atoms with Gasteiger partial charge in [0, 0.05) is 47.1 Å². The summed E-state index contributed by atoms with van der Waals surface area (Å²) in [4.78, 5) is 11.0. The topological polar surface area (TPSA) is 133 Å². The summed E-state index contributed by atoms with van der Waals surface area (Å²) in [6, 6.07) is 22.3. The molecule has 0 saturated heterocycles. The maximum absolute atomic E-state index is 12.6. The van der Waals surface area contributed by atoms with E-state index in [1.807, 2.05) is 18.3 Å². The Balaban J connectivity index is 1.34. The molecule has 5 N–H and O–H groups in total. The average molecular weight is 537 g/mol. The number of aliphatic hydroxyl groups is 1. The molecule has 0 saturated carbocycles. The smallest absolute Gasteiger partial charge is 0.409 e. The van der Waals surface area contributed by atoms with E-state index in [-0.39, 0.29) is 10.4 Å². The Morgan fingerprint density at radius 3 is 2.47 bits per heavy atom. The second kappa shape index (κ2) is 11.3. The molecule has 9 nitrogen and oxygen atoms in total. The average Bonchev–Trinajstić information content (AvgIpc) is 3.28. The molecule has 0 bridgehead atoms. The Labute approximate surface area is 222 Å². The highest BCUT2D eigenvalue weighted by atomic mass is 32.2. The quantitative estimate of drug-likeness (QED) is 0.183. The molecular formula is C28H32N4O5S. The van der Waals surface area contributed by atoms with E-state index in [0.29, 0.717) is 23.5 Å². The minimum atomic E-state index is -3.72. The number of sulfonamides is 1. The van der Waals surface area contributed by atoms with Gasteiger partial charge in [0.25, 0.3) is 10.0 Å². The second-order valence-corrected chi connectivity index (χ2v) is 11.5. The van der Waals surface area contributed by atoms with Crippen LogP contribution >= 0.6 is 0 Å². The summed E-state index contributed by atoms with van der Waals surface area (Å²) in [6.45, 7) is 5.13. The molecule has 38 heavy (non-hydrogen) atoms. The van der Waals surface area contributed by atoms with Crippen molar-refractivity contribution in [1.29, 1.82) is 0 Å². The van der Waals surface area contributed by atoms with Gasteiger partial charge in [-0.2, -0.15) is 0 Å². The zero-order chi connectivity index (χ0) is 27.3. The van der Waals surface area contributed by atoms with E-state index in [9.17, 15) is 18.3 Å². The van der Waals surface area contributed by atoms with Crippen molar-refractivity contribution >= 4 is 38.4 Å². The highest BCUT2D eigenvalue weighted by molar-refractivity contribution is 7.92. The standard InChI is InChI=1S/C28H32N4O5S/c1-28(2,14-16-32-15-13-20-17-22(30-27(34)35)11-12-25(20)32)29-19-26(33)21-7-6-8-23(18-21)31-38(36,37)24-9-4-3-5-10-24/h3-13,15,17-18,26,29-31,33H,14,16,19H2,1-2H3,(H,34,35)/t26-/m0/s1. The lowest BCUT2D eigenvalue weighted by Gasteiger charge is -2.28. The Morgan fingerprint density at radius 2 is 1.74 bits per heavy atom. The number of nitrogens with one attached hydrogen (secondary N) is 3. The summed E-state index contributed by atoms with van der Waals surface area (Å²) in [6.07, 6.45) is 0.819.